The number of rotatable bonds is 5. The van der Waals surface area contributed by atoms with Gasteiger partial charge in [-0.25, -0.2) is 9.59 Å². The van der Waals surface area contributed by atoms with Gasteiger partial charge in [0.15, 0.2) is 5.78 Å². The number of ether oxygens (including phenoxy) is 1. The van der Waals surface area contributed by atoms with Gasteiger partial charge in [0.2, 0.25) is 0 Å². The van der Waals surface area contributed by atoms with Gasteiger partial charge in [-0.2, -0.15) is 0 Å². The Labute approximate surface area is 123 Å². The van der Waals surface area contributed by atoms with Gasteiger partial charge in [0.25, 0.3) is 0 Å². The van der Waals surface area contributed by atoms with E-state index < -0.39 is 5.97 Å². The second kappa shape index (κ2) is 6.92. The van der Waals surface area contributed by atoms with E-state index in [1.165, 1.54) is 12.0 Å². The van der Waals surface area contributed by atoms with Gasteiger partial charge in [0.1, 0.15) is 5.69 Å². The van der Waals surface area contributed by atoms with Gasteiger partial charge in [0.05, 0.1) is 13.7 Å². The minimum atomic E-state index is -0.522. The molecule has 0 aromatic carbocycles. The van der Waals surface area contributed by atoms with Crippen LogP contribution in [0.25, 0.3) is 0 Å². The molecule has 0 fully saturated rings. The highest BCUT2D eigenvalue weighted by Crippen LogP contribution is 2.19. The van der Waals surface area contributed by atoms with Crippen LogP contribution in [0.2, 0.25) is 0 Å². The summed E-state index contributed by atoms with van der Waals surface area (Å²) in [4.78, 5) is 39.7. The van der Waals surface area contributed by atoms with E-state index in [9.17, 15) is 14.4 Å². The first-order valence-corrected chi connectivity index (χ1v) is 6.63. The van der Waals surface area contributed by atoms with Crippen molar-refractivity contribution in [1.82, 2.24) is 15.2 Å². The number of Topliss-reactive ketones (excluding diaryl/α,β-unsaturated/α-hetero) is 1. The van der Waals surface area contributed by atoms with Crippen molar-refractivity contribution in [1.29, 1.82) is 0 Å². The van der Waals surface area contributed by atoms with Crippen molar-refractivity contribution in [2.75, 3.05) is 27.2 Å². The zero-order valence-corrected chi connectivity index (χ0v) is 13.0. The maximum Gasteiger partial charge on any atom is 0.354 e. The first kappa shape index (κ1) is 16.7. The van der Waals surface area contributed by atoms with E-state index in [4.69, 9.17) is 0 Å². The highest BCUT2D eigenvalue weighted by Gasteiger charge is 2.23. The lowest BCUT2D eigenvalue weighted by molar-refractivity contribution is 0.0594. The van der Waals surface area contributed by atoms with Gasteiger partial charge in [-0.3, -0.25) is 4.79 Å². The summed E-state index contributed by atoms with van der Waals surface area (Å²) in [6.07, 6.45) is 0. The number of urea groups is 1. The molecule has 2 N–H and O–H groups in total. The lowest BCUT2D eigenvalue weighted by Gasteiger charge is -2.16. The maximum absolute atomic E-state index is 12.3. The number of nitrogens with one attached hydrogen (secondary N) is 2. The van der Waals surface area contributed by atoms with Crippen LogP contribution in [0.3, 0.4) is 0 Å². The minimum Gasteiger partial charge on any atom is -0.464 e. The van der Waals surface area contributed by atoms with E-state index in [-0.39, 0.29) is 24.1 Å². The summed E-state index contributed by atoms with van der Waals surface area (Å²) in [6, 6.07) is -0.315. The first-order valence-electron chi connectivity index (χ1n) is 6.63. The Balaban J connectivity index is 2.96. The monoisotopic (exact) mass is 295 g/mol. The van der Waals surface area contributed by atoms with Crippen molar-refractivity contribution < 1.29 is 19.1 Å². The summed E-state index contributed by atoms with van der Waals surface area (Å²) in [6.45, 7) is 5.61. The fourth-order valence-electron chi connectivity index (χ4n) is 2.13. The Hall–Kier alpha value is -2.31. The van der Waals surface area contributed by atoms with Gasteiger partial charge in [0, 0.05) is 24.8 Å². The predicted octanol–water partition coefficient (Wildman–Crippen LogP) is 1.26. The van der Waals surface area contributed by atoms with Crippen molar-refractivity contribution in [2.24, 2.45) is 0 Å². The molecule has 0 spiro atoms. The van der Waals surface area contributed by atoms with Crippen molar-refractivity contribution in [3.63, 3.8) is 0 Å². The number of amides is 2. The van der Waals surface area contributed by atoms with Crippen LogP contribution in [-0.2, 0) is 4.74 Å². The molecule has 0 saturated carbocycles. The summed E-state index contributed by atoms with van der Waals surface area (Å²) in [5.41, 5.74) is 1.81. The van der Waals surface area contributed by atoms with E-state index >= 15 is 0 Å². The molecule has 1 rings (SSSR count). The van der Waals surface area contributed by atoms with Gasteiger partial charge >= 0.3 is 12.0 Å². The Kier molecular flexibility index (Phi) is 5.52. The van der Waals surface area contributed by atoms with Crippen LogP contribution in [0.15, 0.2) is 0 Å². The molecule has 0 aliphatic carbocycles. The summed E-state index contributed by atoms with van der Waals surface area (Å²) >= 11 is 0. The molecule has 0 aliphatic heterocycles. The Morgan fingerprint density at radius 1 is 1.29 bits per heavy atom. The molecule has 7 nitrogen and oxygen atoms in total. The summed E-state index contributed by atoms with van der Waals surface area (Å²) in [7, 11) is 2.82. The third-order valence-electron chi connectivity index (χ3n) is 3.16. The van der Waals surface area contributed by atoms with E-state index in [0.29, 0.717) is 23.4 Å². The number of carbonyl (C=O) groups is 3. The largest absolute Gasteiger partial charge is 0.464 e. The number of aromatic nitrogens is 1. The predicted molar refractivity (Wildman–Crippen MR) is 77.6 cm³/mol. The smallest absolute Gasteiger partial charge is 0.354 e. The number of hydrogen-bond donors (Lipinski definition) is 2. The second-order valence-electron chi connectivity index (χ2n) is 4.73. The summed E-state index contributed by atoms with van der Waals surface area (Å²) in [5.74, 6) is -0.753. The molecule has 0 radical (unpaired) electrons. The van der Waals surface area contributed by atoms with Crippen LogP contribution in [0, 0.1) is 13.8 Å². The van der Waals surface area contributed by atoms with E-state index in [1.807, 2.05) is 0 Å². The molecule has 7 heteroatoms. The van der Waals surface area contributed by atoms with Crippen molar-refractivity contribution in [3.8, 4) is 0 Å². The molecular weight excluding hydrogens is 274 g/mol. The van der Waals surface area contributed by atoms with E-state index in [2.05, 4.69) is 15.0 Å². The third-order valence-corrected chi connectivity index (χ3v) is 3.16. The topological polar surface area (TPSA) is 91.5 Å². The lowest BCUT2D eigenvalue weighted by Crippen LogP contribution is -2.40. The van der Waals surface area contributed by atoms with Gasteiger partial charge in [-0.15, -0.1) is 0 Å². The molecule has 116 valence electrons. The maximum atomic E-state index is 12.3. The number of ketones is 1. The summed E-state index contributed by atoms with van der Waals surface area (Å²) in [5, 5.41) is 2.62. The van der Waals surface area contributed by atoms with E-state index in [1.54, 1.807) is 27.8 Å². The second-order valence-corrected chi connectivity index (χ2v) is 4.73. The molecule has 0 bridgehead atoms. The molecule has 0 aliphatic rings. The lowest BCUT2D eigenvalue weighted by atomic mass is 10.1. The molecule has 1 heterocycles. The van der Waals surface area contributed by atoms with Crippen LogP contribution >= 0.6 is 0 Å². The number of aromatic amines is 1. The standard InChI is InChI=1S/C14H21N3O4/c1-6-15-14(20)17(4)7-10(18)11-8(2)12(13(19)21-5)16-9(11)3/h16H,6-7H2,1-5H3,(H,15,20). The number of esters is 1. The number of aryl methyl sites for hydroxylation is 1. The molecule has 21 heavy (non-hydrogen) atoms. The highest BCUT2D eigenvalue weighted by atomic mass is 16.5. The highest BCUT2D eigenvalue weighted by molar-refractivity contribution is 6.04. The molecular formula is C14H21N3O4. The van der Waals surface area contributed by atoms with Gasteiger partial charge in [-0.1, -0.05) is 0 Å². The average molecular weight is 295 g/mol. The third kappa shape index (κ3) is 3.62. The van der Waals surface area contributed by atoms with Crippen LogP contribution in [0.4, 0.5) is 4.79 Å². The van der Waals surface area contributed by atoms with Crippen LogP contribution < -0.4 is 5.32 Å². The first-order chi connectivity index (χ1) is 9.83. The number of nitrogens with zero attached hydrogens (tertiary/aromatic N) is 1. The van der Waals surface area contributed by atoms with E-state index in [0.717, 1.165) is 0 Å². The fourth-order valence-corrected chi connectivity index (χ4v) is 2.13. The minimum absolute atomic E-state index is 0.0635. The fraction of sp³-hybridized carbons (Fsp3) is 0.500. The number of methoxy groups -OCH3 is 1. The molecule has 1 aromatic heterocycles. The van der Waals surface area contributed by atoms with Crippen LogP contribution in [-0.4, -0.2) is 54.9 Å². The van der Waals surface area contributed by atoms with Crippen LogP contribution in [0.1, 0.15) is 39.0 Å². The number of carbonyl (C=O) groups excluding carboxylic acids is 3. The zero-order valence-electron chi connectivity index (χ0n) is 13.0. The van der Waals surface area contributed by atoms with Crippen molar-refractivity contribution in [3.05, 3.63) is 22.5 Å². The average Bonchev–Trinajstić information content (AvgIpc) is 2.73. The SMILES string of the molecule is CCNC(=O)N(C)CC(=O)c1c(C)[nH]c(C(=O)OC)c1C. The van der Waals surface area contributed by atoms with Gasteiger partial charge in [-0.05, 0) is 26.3 Å². The molecule has 0 saturated heterocycles. The van der Waals surface area contributed by atoms with Crippen molar-refractivity contribution >= 4 is 17.8 Å². The molecule has 2 amide bonds. The molecule has 0 unspecified atom stereocenters. The van der Waals surface area contributed by atoms with Gasteiger partial charge < -0.3 is 19.9 Å². The number of H-pyrrole nitrogens is 1. The van der Waals surface area contributed by atoms with Crippen molar-refractivity contribution in [2.45, 2.75) is 20.8 Å². The molecule has 0 atom stereocenters. The number of hydrogen-bond acceptors (Lipinski definition) is 4. The Morgan fingerprint density at radius 3 is 2.43 bits per heavy atom. The molecule has 1 aromatic rings. The Bertz CT molecular complexity index is 563. The quantitative estimate of drug-likeness (QED) is 0.632. The normalized spacial score (nSPS) is 10.1. The zero-order chi connectivity index (χ0) is 16.2. The summed E-state index contributed by atoms with van der Waals surface area (Å²) < 4.78 is 4.66. The number of likely N-dealkylation sites (N-methyl/N-ethyl adjacent to an activating group) is 1. The van der Waals surface area contributed by atoms with Crippen LogP contribution in [0.5, 0.6) is 0 Å². The Morgan fingerprint density at radius 2 is 1.90 bits per heavy atom.